The number of alkyl halides is 2. The molecule has 0 bridgehead atoms. The summed E-state index contributed by atoms with van der Waals surface area (Å²) in [6.07, 6.45) is 0. The molecule has 1 heterocycles. The van der Waals surface area contributed by atoms with Gasteiger partial charge in [-0.3, -0.25) is 10.1 Å². The number of carbonyl (C=O) groups excluding carboxylic acids is 1. The van der Waals surface area contributed by atoms with Crippen LogP contribution in [0, 0.1) is 0 Å². The summed E-state index contributed by atoms with van der Waals surface area (Å²) in [7, 11) is 0. The van der Waals surface area contributed by atoms with Crippen LogP contribution in [0.4, 0.5) is 13.9 Å². The Balaban J connectivity index is 2.04. The molecule has 0 saturated heterocycles. The van der Waals surface area contributed by atoms with Crippen molar-refractivity contribution in [2.75, 3.05) is 5.32 Å². The van der Waals surface area contributed by atoms with Crippen molar-refractivity contribution in [3.8, 4) is 0 Å². The molecule has 0 radical (unpaired) electrons. The molecule has 118 valence electrons. The van der Waals surface area contributed by atoms with Crippen molar-refractivity contribution in [1.29, 1.82) is 0 Å². The first kappa shape index (κ1) is 16.9. The van der Waals surface area contributed by atoms with Crippen LogP contribution >= 0.6 is 23.1 Å². The number of nitrogens with zero attached hydrogens (tertiary/aromatic N) is 1. The van der Waals surface area contributed by atoms with Gasteiger partial charge in [0.05, 0.1) is 5.69 Å². The van der Waals surface area contributed by atoms with E-state index in [4.69, 9.17) is 0 Å². The third-order valence-corrected chi connectivity index (χ3v) is 4.31. The summed E-state index contributed by atoms with van der Waals surface area (Å²) < 4.78 is 24.5. The van der Waals surface area contributed by atoms with Gasteiger partial charge in [0.15, 0.2) is 5.13 Å². The number of carbonyl (C=O) groups is 1. The van der Waals surface area contributed by atoms with E-state index in [9.17, 15) is 13.6 Å². The van der Waals surface area contributed by atoms with Crippen LogP contribution in [0.15, 0.2) is 34.5 Å². The van der Waals surface area contributed by atoms with Crippen LogP contribution < -0.4 is 5.32 Å². The summed E-state index contributed by atoms with van der Waals surface area (Å²) in [6, 6.07) is 6.07. The van der Waals surface area contributed by atoms with Gasteiger partial charge in [-0.15, -0.1) is 11.3 Å². The first-order valence-corrected chi connectivity index (χ1v) is 8.34. The molecular formula is C15H16F2N2OS2. The molecule has 0 aliphatic carbocycles. The highest BCUT2D eigenvalue weighted by Crippen LogP contribution is 2.27. The normalized spacial score (nSPS) is 11.7. The van der Waals surface area contributed by atoms with Gasteiger partial charge in [-0.25, -0.2) is 4.98 Å². The molecule has 22 heavy (non-hydrogen) atoms. The smallest absolute Gasteiger partial charge is 0.288 e. The van der Waals surface area contributed by atoms with Crippen LogP contribution in [0.3, 0.4) is 0 Å². The average Bonchev–Trinajstić information content (AvgIpc) is 2.87. The molecule has 0 aliphatic rings. The highest BCUT2D eigenvalue weighted by atomic mass is 32.2. The van der Waals surface area contributed by atoms with E-state index in [1.807, 2.05) is 26.2 Å². The Labute approximate surface area is 136 Å². The van der Waals surface area contributed by atoms with E-state index in [1.165, 1.54) is 35.6 Å². The lowest BCUT2D eigenvalue weighted by atomic mass is 9.93. The minimum atomic E-state index is -2.47. The van der Waals surface area contributed by atoms with E-state index in [0.717, 1.165) is 5.69 Å². The molecule has 1 N–H and O–H groups in total. The Morgan fingerprint density at radius 1 is 1.27 bits per heavy atom. The maximum atomic E-state index is 12.2. The zero-order valence-corrected chi connectivity index (χ0v) is 14.0. The van der Waals surface area contributed by atoms with Crippen molar-refractivity contribution in [3.63, 3.8) is 0 Å². The summed E-state index contributed by atoms with van der Waals surface area (Å²) in [6.45, 7) is 6.15. The number of hydrogen-bond donors (Lipinski definition) is 1. The molecule has 0 aliphatic heterocycles. The standard InChI is InChI=1S/C15H16F2N2OS2/c1-15(2,3)11-8-21-14(18-11)19-12(20)9-4-6-10(7-5-9)22-13(16)17/h4-8,13H,1-3H3,(H,18,19,20). The monoisotopic (exact) mass is 342 g/mol. The number of anilines is 1. The predicted molar refractivity (Wildman–Crippen MR) is 87.1 cm³/mol. The van der Waals surface area contributed by atoms with Crippen LogP contribution in [0.5, 0.6) is 0 Å². The number of thioether (sulfide) groups is 1. The number of thiazole rings is 1. The van der Waals surface area contributed by atoms with Gasteiger partial charge >= 0.3 is 0 Å². The fraction of sp³-hybridized carbons (Fsp3) is 0.333. The number of rotatable bonds is 4. The number of nitrogens with one attached hydrogen (secondary N) is 1. The molecule has 2 rings (SSSR count). The van der Waals surface area contributed by atoms with Gasteiger partial charge in [-0.1, -0.05) is 32.5 Å². The molecule has 7 heteroatoms. The second kappa shape index (κ2) is 6.75. The van der Waals surface area contributed by atoms with Crippen LogP contribution in [-0.4, -0.2) is 16.6 Å². The van der Waals surface area contributed by atoms with Crippen LogP contribution in [0.2, 0.25) is 0 Å². The van der Waals surface area contributed by atoms with E-state index in [-0.39, 0.29) is 11.3 Å². The maximum Gasteiger partial charge on any atom is 0.288 e. The predicted octanol–water partition coefficient (Wildman–Crippen LogP) is 5.01. The molecule has 1 amide bonds. The van der Waals surface area contributed by atoms with E-state index in [1.54, 1.807) is 0 Å². The Hall–Kier alpha value is -1.47. The minimum absolute atomic E-state index is 0.0758. The Morgan fingerprint density at radius 2 is 1.91 bits per heavy atom. The number of amides is 1. The number of halogens is 2. The largest absolute Gasteiger partial charge is 0.298 e. The van der Waals surface area contributed by atoms with Gasteiger partial charge in [-0.05, 0) is 24.3 Å². The second-order valence-electron chi connectivity index (χ2n) is 5.64. The molecule has 1 aromatic carbocycles. The molecule has 0 unspecified atom stereocenters. The van der Waals surface area contributed by atoms with Gasteiger partial charge < -0.3 is 0 Å². The third-order valence-electron chi connectivity index (χ3n) is 2.83. The van der Waals surface area contributed by atoms with E-state index in [2.05, 4.69) is 10.3 Å². The lowest BCUT2D eigenvalue weighted by Gasteiger charge is -2.14. The number of benzene rings is 1. The van der Waals surface area contributed by atoms with E-state index in [0.29, 0.717) is 27.4 Å². The van der Waals surface area contributed by atoms with Crippen molar-refractivity contribution >= 4 is 34.1 Å². The first-order valence-electron chi connectivity index (χ1n) is 6.58. The molecule has 0 saturated carbocycles. The Kier molecular flexibility index (Phi) is 5.18. The van der Waals surface area contributed by atoms with Gasteiger partial charge in [-0.2, -0.15) is 8.78 Å². The summed E-state index contributed by atoms with van der Waals surface area (Å²) in [5.41, 5.74) is 1.25. The fourth-order valence-electron chi connectivity index (χ4n) is 1.63. The number of aromatic nitrogens is 1. The summed E-state index contributed by atoms with van der Waals surface area (Å²) in [5, 5.41) is 5.17. The highest BCUT2D eigenvalue weighted by Gasteiger charge is 2.18. The zero-order chi connectivity index (χ0) is 16.3. The molecule has 0 spiro atoms. The topological polar surface area (TPSA) is 42.0 Å². The van der Waals surface area contributed by atoms with Crippen LogP contribution in [0.1, 0.15) is 36.8 Å². The third kappa shape index (κ3) is 4.51. The average molecular weight is 342 g/mol. The maximum absolute atomic E-state index is 12.2. The Morgan fingerprint density at radius 3 is 2.41 bits per heavy atom. The highest BCUT2D eigenvalue weighted by molar-refractivity contribution is 7.99. The van der Waals surface area contributed by atoms with Crippen molar-refractivity contribution in [1.82, 2.24) is 4.98 Å². The van der Waals surface area contributed by atoms with Gasteiger partial charge in [0.25, 0.3) is 11.7 Å². The Bertz CT molecular complexity index is 648. The zero-order valence-electron chi connectivity index (χ0n) is 12.4. The fourth-order valence-corrected chi connectivity index (χ4v) is 3.06. The first-order chi connectivity index (χ1) is 10.3. The lowest BCUT2D eigenvalue weighted by molar-refractivity contribution is 0.102. The van der Waals surface area contributed by atoms with E-state index < -0.39 is 5.76 Å². The molecule has 0 fully saturated rings. The summed E-state index contributed by atoms with van der Waals surface area (Å²) in [5.74, 6) is -2.77. The van der Waals surface area contributed by atoms with E-state index >= 15 is 0 Å². The van der Waals surface area contributed by atoms with Crippen LogP contribution in [0.25, 0.3) is 0 Å². The van der Waals surface area contributed by atoms with Crippen molar-refractivity contribution < 1.29 is 13.6 Å². The molecule has 1 aromatic heterocycles. The number of hydrogen-bond acceptors (Lipinski definition) is 4. The molecular weight excluding hydrogens is 326 g/mol. The van der Waals surface area contributed by atoms with Crippen molar-refractivity contribution in [2.45, 2.75) is 36.8 Å². The minimum Gasteiger partial charge on any atom is -0.298 e. The van der Waals surface area contributed by atoms with Gasteiger partial charge in [0.1, 0.15) is 0 Å². The van der Waals surface area contributed by atoms with Crippen LogP contribution in [-0.2, 0) is 5.41 Å². The molecule has 2 aromatic rings. The van der Waals surface area contributed by atoms with Gasteiger partial charge in [0.2, 0.25) is 0 Å². The SMILES string of the molecule is CC(C)(C)c1csc(NC(=O)c2ccc(SC(F)F)cc2)n1. The molecule has 0 atom stereocenters. The lowest BCUT2D eigenvalue weighted by Crippen LogP contribution is -2.14. The molecule has 3 nitrogen and oxygen atoms in total. The van der Waals surface area contributed by atoms with Gasteiger partial charge in [0, 0.05) is 21.3 Å². The second-order valence-corrected chi connectivity index (χ2v) is 7.57. The summed E-state index contributed by atoms with van der Waals surface area (Å²) >= 11 is 1.82. The summed E-state index contributed by atoms with van der Waals surface area (Å²) in [4.78, 5) is 16.9. The quantitative estimate of drug-likeness (QED) is 0.794. The van der Waals surface area contributed by atoms with Crippen molar-refractivity contribution in [2.24, 2.45) is 0 Å². The van der Waals surface area contributed by atoms with Crippen molar-refractivity contribution in [3.05, 3.63) is 40.9 Å².